The number of carboxylic acids is 1. The quantitative estimate of drug-likeness (QED) is 0.808. The number of carbonyl (C=O) groups excluding carboxylic acids is 1. The van der Waals surface area contributed by atoms with Crippen LogP contribution in [0.15, 0.2) is 36.4 Å². The van der Waals surface area contributed by atoms with Gasteiger partial charge >= 0.3 is 5.97 Å². The second-order valence-electron chi connectivity index (χ2n) is 5.36. The molecular formula is C17H15Cl2NO3. The SMILES string of the molecule is CC(C)c1ccc(C(=O)Nc2cc(C(=O)O)cc(Cl)c2Cl)cc1. The van der Waals surface area contributed by atoms with E-state index in [1.54, 1.807) is 12.1 Å². The third-order valence-electron chi connectivity index (χ3n) is 3.36. The fourth-order valence-corrected chi connectivity index (χ4v) is 2.39. The summed E-state index contributed by atoms with van der Waals surface area (Å²) >= 11 is 11.9. The fourth-order valence-electron chi connectivity index (χ4n) is 2.02. The molecule has 4 nitrogen and oxygen atoms in total. The van der Waals surface area contributed by atoms with Gasteiger partial charge in [0.25, 0.3) is 5.91 Å². The van der Waals surface area contributed by atoms with E-state index in [0.717, 1.165) is 5.56 Å². The van der Waals surface area contributed by atoms with Crippen molar-refractivity contribution in [3.8, 4) is 0 Å². The minimum atomic E-state index is -1.15. The van der Waals surface area contributed by atoms with Crippen LogP contribution >= 0.6 is 23.2 Å². The molecule has 23 heavy (non-hydrogen) atoms. The Labute approximate surface area is 144 Å². The van der Waals surface area contributed by atoms with Crippen LogP contribution in [-0.2, 0) is 0 Å². The number of aromatic carboxylic acids is 1. The Hall–Kier alpha value is -2.04. The van der Waals surface area contributed by atoms with Crippen molar-refractivity contribution in [1.82, 2.24) is 0 Å². The Balaban J connectivity index is 2.27. The number of benzene rings is 2. The molecule has 0 unspecified atom stereocenters. The summed E-state index contributed by atoms with van der Waals surface area (Å²) in [4.78, 5) is 23.3. The molecule has 0 saturated heterocycles. The summed E-state index contributed by atoms with van der Waals surface area (Å²) in [7, 11) is 0. The minimum Gasteiger partial charge on any atom is -0.478 e. The zero-order valence-corrected chi connectivity index (χ0v) is 14.1. The number of carboxylic acid groups (broad SMARTS) is 1. The molecule has 0 spiro atoms. The largest absolute Gasteiger partial charge is 0.478 e. The van der Waals surface area contributed by atoms with Crippen LogP contribution in [0.2, 0.25) is 10.0 Å². The predicted molar refractivity (Wildman–Crippen MR) is 91.9 cm³/mol. The molecule has 0 aliphatic rings. The smallest absolute Gasteiger partial charge is 0.335 e. The number of carbonyl (C=O) groups is 2. The van der Waals surface area contributed by atoms with Crippen molar-refractivity contribution < 1.29 is 14.7 Å². The zero-order chi connectivity index (χ0) is 17.1. The van der Waals surface area contributed by atoms with E-state index in [1.165, 1.54) is 12.1 Å². The third-order valence-corrected chi connectivity index (χ3v) is 4.16. The molecule has 2 aromatic carbocycles. The van der Waals surface area contributed by atoms with Crippen LogP contribution in [0.1, 0.15) is 46.0 Å². The monoisotopic (exact) mass is 351 g/mol. The number of nitrogens with one attached hydrogen (secondary N) is 1. The minimum absolute atomic E-state index is 0.0511. The van der Waals surface area contributed by atoms with Crippen LogP contribution in [-0.4, -0.2) is 17.0 Å². The van der Waals surface area contributed by atoms with E-state index in [4.69, 9.17) is 28.3 Å². The van der Waals surface area contributed by atoms with Crippen molar-refractivity contribution in [2.75, 3.05) is 5.32 Å². The lowest BCUT2D eigenvalue weighted by molar-refractivity contribution is 0.0696. The second kappa shape index (κ2) is 7.02. The van der Waals surface area contributed by atoms with E-state index >= 15 is 0 Å². The molecule has 0 saturated carbocycles. The topological polar surface area (TPSA) is 66.4 Å². The average Bonchev–Trinajstić information content (AvgIpc) is 2.51. The molecule has 0 fully saturated rings. The molecule has 0 heterocycles. The highest BCUT2D eigenvalue weighted by Crippen LogP contribution is 2.32. The van der Waals surface area contributed by atoms with Gasteiger partial charge in [-0.3, -0.25) is 4.79 Å². The summed E-state index contributed by atoms with van der Waals surface area (Å²) in [5.74, 6) is -1.17. The lowest BCUT2D eigenvalue weighted by Gasteiger charge is -2.11. The average molecular weight is 352 g/mol. The predicted octanol–water partition coefficient (Wildman–Crippen LogP) is 5.07. The van der Waals surface area contributed by atoms with E-state index in [9.17, 15) is 9.59 Å². The molecular weight excluding hydrogens is 337 g/mol. The molecule has 0 aliphatic carbocycles. The van der Waals surface area contributed by atoms with Crippen LogP contribution in [0.3, 0.4) is 0 Å². The summed E-state index contributed by atoms with van der Waals surface area (Å²) in [6, 6.07) is 9.68. The molecule has 6 heteroatoms. The van der Waals surface area contributed by atoms with Crippen molar-refractivity contribution in [3.05, 3.63) is 63.1 Å². The highest BCUT2D eigenvalue weighted by Gasteiger charge is 2.15. The first-order valence-corrected chi connectivity index (χ1v) is 7.69. The van der Waals surface area contributed by atoms with E-state index in [1.807, 2.05) is 12.1 Å². The van der Waals surface area contributed by atoms with Gasteiger partial charge in [-0.05, 0) is 35.7 Å². The Kier molecular flexibility index (Phi) is 5.29. The molecule has 0 bridgehead atoms. The molecule has 2 rings (SSSR count). The van der Waals surface area contributed by atoms with Gasteiger partial charge in [0.2, 0.25) is 0 Å². The maximum absolute atomic E-state index is 12.3. The van der Waals surface area contributed by atoms with Gasteiger partial charge in [-0.15, -0.1) is 0 Å². The fraction of sp³-hybridized carbons (Fsp3) is 0.176. The van der Waals surface area contributed by atoms with Crippen molar-refractivity contribution >= 4 is 40.8 Å². The van der Waals surface area contributed by atoms with Crippen LogP contribution in [0.4, 0.5) is 5.69 Å². The Morgan fingerprint density at radius 3 is 2.17 bits per heavy atom. The number of amides is 1. The zero-order valence-electron chi connectivity index (χ0n) is 12.6. The van der Waals surface area contributed by atoms with E-state index in [0.29, 0.717) is 11.5 Å². The van der Waals surface area contributed by atoms with Gasteiger partial charge in [-0.2, -0.15) is 0 Å². The van der Waals surface area contributed by atoms with Gasteiger partial charge in [0, 0.05) is 5.56 Å². The van der Waals surface area contributed by atoms with Crippen molar-refractivity contribution in [1.29, 1.82) is 0 Å². The normalized spacial score (nSPS) is 10.7. The Bertz CT molecular complexity index is 755. The van der Waals surface area contributed by atoms with Crippen LogP contribution in [0.5, 0.6) is 0 Å². The number of anilines is 1. The summed E-state index contributed by atoms with van der Waals surface area (Å²) in [6.45, 7) is 4.13. The first-order chi connectivity index (χ1) is 10.8. The van der Waals surface area contributed by atoms with E-state index < -0.39 is 5.97 Å². The second-order valence-corrected chi connectivity index (χ2v) is 6.14. The number of rotatable bonds is 4. The maximum atomic E-state index is 12.3. The lowest BCUT2D eigenvalue weighted by atomic mass is 10.0. The molecule has 0 aromatic heterocycles. The highest BCUT2D eigenvalue weighted by molar-refractivity contribution is 6.44. The van der Waals surface area contributed by atoms with Crippen molar-refractivity contribution in [3.63, 3.8) is 0 Å². The summed E-state index contributed by atoms with van der Waals surface area (Å²) in [5.41, 5.74) is 1.68. The molecule has 0 atom stereocenters. The van der Waals surface area contributed by atoms with Crippen LogP contribution in [0, 0.1) is 0 Å². The summed E-state index contributed by atoms with van der Waals surface area (Å²) < 4.78 is 0. The lowest BCUT2D eigenvalue weighted by Crippen LogP contribution is -2.13. The van der Waals surface area contributed by atoms with Crippen molar-refractivity contribution in [2.45, 2.75) is 19.8 Å². The van der Waals surface area contributed by atoms with Gasteiger partial charge in [-0.1, -0.05) is 49.2 Å². The Morgan fingerprint density at radius 1 is 1.04 bits per heavy atom. The molecule has 0 radical (unpaired) electrons. The molecule has 2 N–H and O–H groups in total. The van der Waals surface area contributed by atoms with Crippen molar-refractivity contribution in [2.24, 2.45) is 0 Å². The van der Waals surface area contributed by atoms with Gasteiger partial charge in [0.15, 0.2) is 0 Å². The summed E-state index contributed by atoms with van der Waals surface area (Å²) in [6.07, 6.45) is 0. The number of hydrogen-bond donors (Lipinski definition) is 2. The first-order valence-electron chi connectivity index (χ1n) is 6.93. The summed E-state index contributed by atoms with van der Waals surface area (Å²) in [5, 5.41) is 11.8. The van der Waals surface area contributed by atoms with Crippen LogP contribution < -0.4 is 5.32 Å². The molecule has 0 aliphatic heterocycles. The number of hydrogen-bond acceptors (Lipinski definition) is 2. The van der Waals surface area contributed by atoms with Gasteiger partial charge in [0.05, 0.1) is 21.3 Å². The Morgan fingerprint density at radius 2 is 1.65 bits per heavy atom. The van der Waals surface area contributed by atoms with Gasteiger partial charge in [-0.25, -0.2) is 4.79 Å². The molecule has 2 aromatic rings. The van der Waals surface area contributed by atoms with E-state index in [-0.39, 0.29) is 27.2 Å². The molecule has 120 valence electrons. The van der Waals surface area contributed by atoms with E-state index in [2.05, 4.69) is 19.2 Å². The van der Waals surface area contributed by atoms with Gasteiger partial charge in [0.1, 0.15) is 0 Å². The van der Waals surface area contributed by atoms with Crippen LogP contribution in [0.25, 0.3) is 0 Å². The molecule has 1 amide bonds. The maximum Gasteiger partial charge on any atom is 0.335 e. The standard InChI is InChI=1S/C17H15Cl2NO3/c1-9(2)10-3-5-11(6-4-10)16(21)20-14-8-12(17(22)23)7-13(18)15(14)19/h3-9H,1-2H3,(H,20,21)(H,22,23). The number of halogens is 2. The third kappa shape index (κ3) is 4.03. The first kappa shape index (κ1) is 17.3. The van der Waals surface area contributed by atoms with Gasteiger partial charge < -0.3 is 10.4 Å². The highest BCUT2D eigenvalue weighted by atomic mass is 35.5.